The van der Waals surface area contributed by atoms with E-state index in [0.717, 1.165) is 10.1 Å². The zero-order valence-corrected chi connectivity index (χ0v) is 21.9. The van der Waals surface area contributed by atoms with Crippen LogP contribution in [0, 0.1) is 0 Å². The van der Waals surface area contributed by atoms with E-state index in [2.05, 4.69) is 10.5 Å². The number of hydrogen-bond donors (Lipinski definition) is 1. The van der Waals surface area contributed by atoms with Crippen LogP contribution in [0.2, 0.25) is 5.02 Å². The van der Waals surface area contributed by atoms with Gasteiger partial charge in [-0.1, -0.05) is 66.2 Å². The van der Waals surface area contributed by atoms with Crippen molar-refractivity contribution in [1.82, 2.24) is 5.43 Å². The van der Waals surface area contributed by atoms with Crippen molar-refractivity contribution < 1.29 is 23.8 Å². The van der Waals surface area contributed by atoms with Gasteiger partial charge in [0.05, 0.1) is 11.2 Å². The Morgan fingerprint density at radius 1 is 0.769 bits per heavy atom. The lowest BCUT2D eigenvalue weighted by molar-refractivity contribution is -0.140. The van der Waals surface area contributed by atoms with Gasteiger partial charge in [0.25, 0.3) is 0 Å². The maximum absolute atomic E-state index is 12.8. The number of hydrazone groups is 1. The van der Waals surface area contributed by atoms with E-state index in [4.69, 9.17) is 25.8 Å². The van der Waals surface area contributed by atoms with E-state index in [1.807, 2.05) is 36.4 Å². The number of nitrogens with one attached hydrogen (secondary N) is 1. The third-order valence-corrected chi connectivity index (χ3v) is 7.04. The third kappa shape index (κ3) is 6.62. The van der Waals surface area contributed by atoms with Crippen LogP contribution in [0.4, 0.5) is 0 Å². The predicted octanol–water partition coefficient (Wildman–Crippen LogP) is 6.71. The molecule has 1 heterocycles. The molecule has 0 saturated heterocycles. The zero-order chi connectivity index (χ0) is 27.0. The topological polar surface area (TPSA) is 86.2 Å². The summed E-state index contributed by atoms with van der Waals surface area (Å²) in [6.45, 7) is 0. The highest BCUT2D eigenvalue weighted by Crippen LogP contribution is 2.35. The molecule has 0 spiro atoms. The molecule has 0 unspecified atom stereocenters. The molecule has 0 saturated carbocycles. The Morgan fingerprint density at radius 2 is 1.36 bits per heavy atom. The first-order valence-corrected chi connectivity index (χ1v) is 13.0. The van der Waals surface area contributed by atoms with Crippen LogP contribution in [0.15, 0.2) is 114 Å². The maximum Gasteiger partial charge on any atom is 0.355 e. The van der Waals surface area contributed by atoms with Crippen LogP contribution in [-0.2, 0) is 4.79 Å². The van der Waals surface area contributed by atoms with Crippen LogP contribution >= 0.6 is 22.9 Å². The lowest BCUT2D eigenvalue weighted by atomic mass is 10.2. The minimum Gasteiger partial charge on any atom is -0.446 e. The minimum atomic E-state index is -1.27. The van der Waals surface area contributed by atoms with Gasteiger partial charge in [-0.15, -0.1) is 11.3 Å². The van der Waals surface area contributed by atoms with E-state index in [1.165, 1.54) is 17.6 Å². The molecular formula is C30H21ClN2O5S. The second-order valence-electron chi connectivity index (χ2n) is 8.13. The van der Waals surface area contributed by atoms with Crippen molar-refractivity contribution in [1.29, 1.82) is 0 Å². The lowest BCUT2D eigenvalue weighted by Gasteiger charge is -2.18. The van der Waals surface area contributed by atoms with Crippen molar-refractivity contribution in [3.63, 3.8) is 0 Å². The summed E-state index contributed by atoms with van der Waals surface area (Å²) in [5, 5.41) is 5.21. The number of thiophene rings is 1. The number of rotatable bonds is 9. The van der Waals surface area contributed by atoms with Crippen molar-refractivity contribution in [3.05, 3.63) is 125 Å². The van der Waals surface area contributed by atoms with Gasteiger partial charge in [0, 0.05) is 10.1 Å². The number of carbonyl (C=O) groups is 2. The first-order chi connectivity index (χ1) is 19.1. The van der Waals surface area contributed by atoms with E-state index >= 15 is 0 Å². The Bertz CT molecular complexity index is 1560. The molecule has 0 fully saturated rings. The number of hydrogen-bond acceptors (Lipinski definition) is 7. The predicted molar refractivity (Wildman–Crippen MR) is 152 cm³/mol. The summed E-state index contributed by atoms with van der Waals surface area (Å²) in [5.74, 6) is 0.170. The van der Waals surface area contributed by atoms with Gasteiger partial charge in [0.1, 0.15) is 22.1 Å². The second kappa shape index (κ2) is 12.3. The number of nitrogens with zero attached hydrogens (tertiary/aromatic N) is 1. The van der Waals surface area contributed by atoms with Crippen molar-refractivity contribution in [2.75, 3.05) is 0 Å². The highest BCUT2D eigenvalue weighted by molar-refractivity contribution is 7.21. The number of benzene rings is 4. The Labute approximate surface area is 233 Å². The first kappa shape index (κ1) is 26.0. The van der Waals surface area contributed by atoms with Gasteiger partial charge in [0.15, 0.2) is 0 Å². The number of amides is 1. The molecular weight excluding hydrogens is 536 g/mol. The second-order valence-corrected chi connectivity index (χ2v) is 9.56. The van der Waals surface area contributed by atoms with E-state index in [1.54, 1.807) is 72.8 Å². The van der Waals surface area contributed by atoms with Gasteiger partial charge in [-0.25, -0.2) is 10.2 Å². The number of ether oxygens (including phenoxy) is 3. The fraction of sp³-hybridized carbons (Fsp3) is 0.0333. The molecule has 0 bridgehead atoms. The molecule has 9 heteroatoms. The standard InChI is InChI=1S/C30H21ClN2O5S/c31-26-24-13-7-8-14-25(24)39-27(26)29(35)36-23-17-15-20(16-18-23)19-32-33-28(34)30(37-21-9-3-1-4-10-21)38-22-11-5-2-6-12-22/h1-19,30H,(H,33,34)/b32-19+. The molecule has 7 nitrogen and oxygen atoms in total. The average Bonchev–Trinajstić information content (AvgIpc) is 3.31. The van der Waals surface area contributed by atoms with E-state index < -0.39 is 18.2 Å². The summed E-state index contributed by atoms with van der Waals surface area (Å²) in [7, 11) is 0. The molecule has 0 aliphatic rings. The summed E-state index contributed by atoms with van der Waals surface area (Å²) in [6, 6.07) is 31.9. The molecule has 0 aliphatic carbocycles. The number of carbonyl (C=O) groups excluding carboxylic acids is 2. The summed E-state index contributed by atoms with van der Waals surface area (Å²) >= 11 is 7.66. The molecule has 1 N–H and O–H groups in total. The molecule has 0 atom stereocenters. The SMILES string of the molecule is O=C(Oc1ccc(/C=N/NC(=O)C(Oc2ccccc2)Oc2ccccc2)cc1)c1sc2ccccc2c1Cl. The summed E-state index contributed by atoms with van der Waals surface area (Å²) in [5.41, 5.74) is 3.11. The lowest BCUT2D eigenvalue weighted by Crippen LogP contribution is -2.40. The van der Waals surface area contributed by atoms with Gasteiger partial charge in [-0.05, 0) is 60.2 Å². The Morgan fingerprint density at radius 3 is 1.97 bits per heavy atom. The summed E-state index contributed by atoms with van der Waals surface area (Å²) in [6.07, 6.45) is 0.184. The number of para-hydroxylation sites is 2. The monoisotopic (exact) mass is 556 g/mol. The van der Waals surface area contributed by atoms with Gasteiger partial charge >= 0.3 is 18.2 Å². The number of esters is 1. The van der Waals surface area contributed by atoms with Crippen LogP contribution in [0.5, 0.6) is 17.2 Å². The van der Waals surface area contributed by atoms with E-state index in [9.17, 15) is 9.59 Å². The van der Waals surface area contributed by atoms with Crippen LogP contribution in [0.3, 0.4) is 0 Å². The van der Waals surface area contributed by atoms with Crippen molar-refractivity contribution in [2.45, 2.75) is 6.29 Å². The van der Waals surface area contributed by atoms with Gasteiger partial charge < -0.3 is 14.2 Å². The molecule has 0 radical (unpaired) electrons. The highest BCUT2D eigenvalue weighted by Gasteiger charge is 2.22. The first-order valence-electron chi connectivity index (χ1n) is 11.8. The number of halogens is 1. The summed E-state index contributed by atoms with van der Waals surface area (Å²) in [4.78, 5) is 25.8. The molecule has 1 amide bonds. The molecule has 194 valence electrons. The zero-order valence-electron chi connectivity index (χ0n) is 20.3. The van der Waals surface area contributed by atoms with Crippen molar-refractivity contribution >= 4 is 51.1 Å². The maximum atomic E-state index is 12.8. The molecule has 5 aromatic rings. The highest BCUT2D eigenvalue weighted by atomic mass is 35.5. The van der Waals surface area contributed by atoms with E-state index in [0.29, 0.717) is 32.7 Å². The molecule has 4 aromatic carbocycles. The van der Waals surface area contributed by atoms with Crippen LogP contribution in [0.25, 0.3) is 10.1 Å². The van der Waals surface area contributed by atoms with Gasteiger partial charge in [0.2, 0.25) is 0 Å². The Balaban J connectivity index is 1.20. The molecule has 5 rings (SSSR count). The molecule has 1 aromatic heterocycles. The van der Waals surface area contributed by atoms with Crippen LogP contribution in [-0.4, -0.2) is 24.4 Å². The van der Waals surface area contributed by atoms with Crippen molar-refractivity contribution in [3.8, 4) is 17.2 Å². The average molecular weight is 557 g/mol. The van der Waals surface area contributed by atoms with Crippen LogP contribution in [0.1, 0.15) is 15.2 Å². The Hall–Kier alpha value is -4.66. The van der Waals surface area contributed by atoms with Gasteiger partial charge in [-0.3, -0.25) is 4.79 Å². The molecule has 39 heavy (non-hydrogen) atoms. The van der Waals surface area contributed by atoms with Gasteiger partial charge in [-0.2, -0.15) is 5.10 Å². The van der Waals surface area contributed by atoms with Crippen molar-refractivity contribution in [2.24, 2.45) is 5.10 Å². The van der Waals surface area contributed by atoms with Crippen LogP contribution < -0.4 is 19.6 Å². The fourth-order valence-corrected chi connectivity index (χ4v) is 4.91. The third-order valence-electron chi connectivity index (χ3n) is 5.39. The fourth-order valence-electron chi connectivity index (χ4n) is 3.52. The van der Waals surface area contributed by atoms with E-state index in [-0.39, 0.29) is 0 Å². The number of fused-ring (bicyclic) bond motifs is 1. The largest absolute Gasteiger partial charge is 0.446 e. The Kier molecular flexibility index (Phi) is 8.16. The normalized spacial score (nSPS) is 11.0. The smallest absolute Gasteiger partial charge is 0.355 e. The quantitative estimate of drug-likeness (QED) is 0.0717. The summed E-state index contributed by atoms with van der Waals surface area (Å²) < 4.78 is 17.9. The molecule has 0 aliphatic heterocycles. The minimum absolute atomic E-state index is 0.344.